The topological polar surface area (TPSA) is 77.3 Å². The molecule has 1 heterocycles. The van der Waals surface area contributed by atoms with Crippen molar-refractivity contribution in [3.63, 3.8) is 0 Å². The molecule has 0 radical (unpaired) electrons. The number of fused-ring (bicyclic) bond motifs is 1. The second kappa shape index (κ2) is 5.05. The Hall–Kier alpha value is -2.21. The number of non-ortho nitro benzene ring substituents is 1. The lowest BCUT2D eigenvalue weighted by atomic mass is 9.89. The number of nitro groups is 1. The van der Waals surface area contributed by atoms with Crippen LogP contribution in [-0.4, -0.2) is 29.2 Å². The van der Waals surface area contributed by atoms with Crippen LogP contribution in [0.5, 0.6) is 0 Å². The second-order valence-corrected chi connectivity index (χ2v) is 4.98. The van der Waals surface area contributed by atoms with Crippen LogP contribution in [0.3, 0.4) is 0 Å². The second-order valence-electron chi connectivity index (χ2n) is 4.98. The number of ether oxygens (including phenoxy) is 1. The summed E-state index contributed by atoms with van der Waals surface area (Å²) in [6, 6.07) is 5.32. The molecule has 0 bridgehead atoms. The summed E-state index contributed by atoms with van der Waals surface area (Å²) in [6.45, 7) is 0. The third kappa shape index (κ3) is 2.18. The number of anilines is 1. The van der Waals surface area contributed by atoms with Crippen molar-refractivity contribution in [2.24, 2.45) is 0 Å². The zero-order valence-electron chi connectivity index (χ0n) is 11.1. The van der Waals surface area contributed by atoms with Gasteiger partial charge in [-0.3, -0.25) is 15.1 Å². The minimum absolute atomic E-state index is 0.108. The Balaban J connectivity index is 1.92. The van der Waals surface area contributed by atoms with Crippen LogP contribution in [0.4, 0.5) is 11.4 Å². The minimum atomic E-state index is -0.365. The van der Waals surface area contributed by atoms with Gasteiger partial charge in [0.25, 0.3) is 5.69 Å². The van der Waals surface area contributed by atoms with Crippen LogP contribution in [0.2, 0.25) is 0 Å². The van der Waals surface area contributed by atoms with Gasteiger partial charge in [0.15, 0.2) is 0 Å². The smallest absolute Gasteiger partial charge is 0.277 e. The van der Waals surface area contributed by atoms with Gasteiger partial charge in [0.1, 0.15) is 0 Å². The fraction of sp³-hybridized carbons (Fsp3) is 0.357. The number of pyridine rings is 1. The van der Waals surface area contributed by atoms with E-state index in [9.17, 15) is 10.1 Å². The molecule has 0 spiro atoms. The van der Waals surface area contributed by atoms with Crippen molar-refractivity contribution in [1.29, 1.82) is 0 Å². The van der Waals surface area contributed by atoms with Gasteiger partial charge in [0.2, 0.25) is 0 Å². The highest BCUT2D eigenvalue weighted by Crippen LogP contribution is 2.33. The molecule has 0 amide bonds. The van der Waals surface area contributed by atoms with E-state index in [4.69, 9.17) is 4.74 Å². The third-order valence-corrected chi connectivity index (χ3v) is 3.78. The molecule has 0 aliphatic heterocycles. The number of nitrogens with one attached hydrogen (secondary N) is 1. The first-order valence-electron chi connectivity index (χ1n) is 6.49. The van der Waals surface area contributed by atoms with E-state index >= 15 is 0 Å². The van der Waals surface area contributed by atoms with Crippen LogP contribution in [0.1, 0.15) is 12.8 Å². The van der Waals surface area contributed by atoms with Gasteiger partial charge in [-0.15, -0.1) is 0 Å². The predicted molar refractivity (Wildman–Crippen MR) is 75.8 cm³/mol. The molecule has 20 heavy (non-hydrogen) atoms. The zero-order chi connectivity index (χ0) is 14.1. The normalized spacial score (nSPS) is 21.4. The predicted octanol–water partition coefficient (Wildman–Crippen LogP) is 2.73. The molecule has 1 aliphatic rings. The maximum Gasteiger partial charge on any atom is 0.277 e. The van der Waals surface area contributed by atoms with E-state index in [0.29, 0.717) is 17.5 Å². The number of nitro benzene ring substituents is 1. The summed E-state index contributed by atoms with van der Waals surface area (Å²) in [5, 5.41) is 15.8. The SMILES string of the molecule is COC1CC(Nc2ccc([N+](=O)[O-])c3ccncc23)C1. The molecule has 1 N–H and O–H groups in total. The number of aromatic nitrogens is 1. The fourth-order valence-electron chi connectivity index (χ4n) is 2.56. The van der Waals surface area contributed by atoms with Crippen LogP contribution in [-0.2, 0) is 4.74 Å². The maximum absolute atomic E-state index is 11.0. The van der Waals surface area contributed by atoms with E-state index in [1.54, 1.807) is 31.6 Å². The molecule has 6 heteroatoms. The van der Waals surface area contributed by atoms with Crippen LogP contribution in [0.15, 0.2) is 30.6 Å². The van der Waals surface area contributed by atoms with Crippen LogP contribution in [0.25, 0.3) is 10.8 Å². The highest BCUT2D eigenvalue weighted by Gasteiger charge is 2.29. The summed E-state index contributed by atoms with van der Waals surface area (Å²) >= 11 is 0. The van der Waals surface area contributed by atoms with Gasteiger partial charge in [-0.05, 0) is 25.0 Å². The number of methoxy groups -OCH3 is 1. The first-order chi connectivity index (χ1) is 9.69. The van der Waals surface area contributed by atoms with Crippen molar-refractivity contribution in [3.8, 4) is 0 Å². The lowest BCUT2D eigenvalue weighted by molar-refractivity contribution is -0.383. The number of nitrogens with zero attached hydrogens (tertiary/aromatic N) is 2. The number of benzene rings is 1. The molecule has 104 valence electrons. The van der Waals surface area contributed by atoms with Crippen molar-refractivity contribution in [2.75, 3.05) is 12.4 Å². The van der Waals surface area contributed by atoms with Gasteiger partial charge in [0, 0.05) is 42.7 Å². The maximum atomic E-state index is 11.0. The quantitative estimate of drug-likeness (QED) is 0.684. The Bertz CT molecular complexity index is 653. The summed E-state index contributed by atoms with van der Waals surface area (Å²) in [5.74, 6) is 0. The molecule has 1 aromatic carbocycles. The summed E-state index contributed by atoms with van der Waals surface area (Å²) in [5.41, 5.74) is 0.995. The van der Waals surface area contributed by atoms with Gasteiger partial charge in [-0.1, -0.05) is 0 Å². The molecule has 1 fully saturated rings. The lowest BCUT2D eigenvalue weighted by Gasteiger charge is -2.35. The van der Waals surface area contributed by atoms with E-state index in [1.165, 1.54) is 6.07 Å². The molecule has 0 unspecified atom stereocenters. The summed E-state index contributed by atoms with van der Waals surface area (Å²) in [6.07, 6.45) is 5.46. The number of hydrogen-bond donors (Lipinski definition) is 1. The summed E-state index contributed by atoms with van der Waals surface area (Å²) in [7, 11) is 1.71. The largest absolute Gasteiger partial charge is 0.382 e. The van der Waals surface area contributed by atoms with Crippen molar-refractivity contribution in [3.05, 3.63) is 40.7 Å². The van der Waals surface area contributed by atoms with Gasteiger partial charge < -0.3 is 10.1 Å². The monoisotopic (exact) mass is 273 g/mol. The first-order valence-corrected chi connectivity index (χ1v) is 6.49. The minimum Gasteiger partial charge on any atom is -0.382 e. The molecule has 3 rings (SSSR count). The Morgan fingerprint density at radius 3 is 2.85 bits per heavy atom. The van der Waals surface area contributed by atoms with E-state index < -0.39 is 0 Å². The Morgan fingerprint density at radius 1 is 1.35 bits per heavy atom. The highest BCUT2D eigenvalue weighted by atomic mass is 16.6. The average molecular weight is 273 g/mol. The molecule has 0 saturated heterocycles. The molecule has 0 atom stereocenters. The summed E-state index contributed by atoms with van der Waals surface area (Å²) in [4.78, 5) is 14.8. The fourth-order valence-corrected chi connectivity index (χ4v) is 2.56. The van der Waals surface area contributed by atoms with Gasteiger partial charge in [-0.25, -0.2) is 0 Å². The van der Waals surface area contributed by atoms with Crippen LogP contribution < -0.4 is 5.32 Å². The lowest BCUT2D eigenvalue weighted by Crippen LogP contribution is -2.40. The third-order valence-electron chi connectivity index (χ3n) is 3.78. The van der Waals surface area contributed by atoms with E-state index in [0.717, 1.165) is 23.9 Å². The molecule has 1 aliphatic carbocycles. The van der Waals surface area contributed by atoms with Crippen LogP contribution in [0, 0.1) is 10.1 Å². The Morgan fingerprint density at radius 2 is 2.15 bits per heavy atom. The van der Waals surface area contributed by atoms with Crippen molar-refractivity contribution in [1.82, 2.24) is 4.98 Å². The standard InChI is InChI=1S/C14H15N3O3/c1-20-10-6-9(7-10)16-13-2-3-14(17(18)19)11-4-5-15-8-12(11)13/h2-5,8-10,16H,6-7H2,1H3. The molecule has 6 nitrogen and oxygen atoms in total. The molecular weight excluding hydrogens is 258 g/mol. The van der Waals surface area contributed by atoms with Crippen molar-refractivity contribution in [2.45, 2.75) is 25.0 Å². The number of hydrogen-bond acceptors (Lipinski definition) is 5. The van der Waals surface area contributed by atoms with Gasteiger partial charge in [-0.2, -0.15) is 0 Å². The molecular formula is C14H15N3O3. The first kappa shape index (κ1) is 12.8. The highest BCUT2D eigenvalue weighted by molar-refractivity contribution is 5.99. The van der Waals surface area contributed by atoms with Crippen LogP contribution >= 0.6 is 0 Å². The molecule has 2 aromatic rings. The molecule has 1 aromatic heterocycles. The van der Waals surface area contributed by atoms with Gasteiger partial charge >= 0.3 is 0 Å². The number of rotatable bonds is 4. The Labute approximate surface area is 115 Å². The van der Waals surface area contributed by atoms with Gasteiger partial charge in [0.05, 0.1) is 16.4 Å². The molecule has 1 saturated carbocycles. The zero-order valence-corrected chi connectivity index (χ0v) is 11.1. The van der Waals surface area contributed by atoms with Crippen molar-refractivity contribution >= 4 is 22.1 Å². The average Bonchev–Trinajstić information content (AvgIpc) is 2.41. The van der Waals surface area contributed by atoms with E-state index in [1.807, 2.05) is 0 Å². The van der Waals surface area contributed by atoms with E-state index in [2.05, 4.69) is 10.3 Å². The Kier molecular flexibility index (Phi) is 3.23. The van der Waals surface area contributed by atoms with Crippen molar-refractivity contribution < 1.29 is 9.66 Å². The summed E-state index contributed by atoms with van der Waals surface area (Å²) < 4.78 is 5.25. The van der Waals surface area contributed by atoms with E-state index in [-0.39, 0.29) is 10.6 Å².